The van der Waals surface area contributed by atoms with Gasteiger partial charge in [-0.15, -0.1) is 0 Å². The lowest BCUT2D eigenvalue weighted by Gasteiger charge is -2.08. The number of pyridine rings is 1. The normalized spacial score (nSPS) is 12.1. The zero-order chi connectivity index (χ0) is 12.1. The van der Waals surface area contributed by atoms with Crippen LogP contribution in [-0.4, -0.2) is 33.7 Å². The van der Waals surface area contributed by atoms with Crippen LogP contribution in [0.2, 0.25) is 0 Å². The molecule has 0 radical (unpaired) electrons. The summed E-state index contributed by atoms with van der Waals surface area (Å²) in [4.78, 5) is 15.1. The van der Waals surface area contributed by atoms with Gasteiger partial charge in [-0.2, -0.15) is 0 Å². The fourth-order valence-electron chi connectivity index (χ4n) is 1.12. The lowest BCUT2D eigenvalue weighted by atomic mass is 10.2. The Morgan fingerprint density at radius 1 is 1.62 bits per heavy atom. The molecular formula is C9H14N4O2S. The van der Waals surface area contributed by atoms with Gasteiger partial charge in [0.05, 0.1) is 17.4 Å². The van der Waals surface area contributed by atoms with Crippen molar-refractivity contribution in [1.82, 2.24) is 4.98 Å². The van der Waals surface area contributed by atoms with Crippen molar-refractivity contribution in [1.29, 1.82) is 0 Å². The molecule has 1 heterocycles. The Labute approximate surface area is 95.9 Å². The highest BCUT2D eigenvalue weighted by Gasteiger charge is 2.09. The molecule has 0 aliphatic heterocycles. The molecule has 1 aromatic heterocycles. The van der Waals surface area contributed by atoms with E-state index >= 15 is 0 Å². The van der Waals surface area contributed by atoms with E-state index in [9.17, 15) is 9.00 Å². The minimum atomic E-state index is -0.892. The highest BCUT2D eigenvalue weighted by molar-refractivity contribution is 7.84. The van der Waals surface area contributed by atoms with Crippen molar-refractivity contribution in [3.63, 3.8) is 0 Å². The van der Waals surface area contributed by atoms with Gasteiger partial charge in [0.2, 0.25) is 0 Å². The summed E-state index contributed by atoms with van der Waals surface area (Å²) in [6.45, 7) is 0.459. The molecule has 6 nitrogen and oxygen atoms in total. The first-order valence-electron chi connectivity index (χ1n) is 4.60. The molecular weight excluding hydrogens is 228 g/mol. The van der Waals surface area contributed by atoms with Crippen molar-refractivity contribution < 1.29 is 9.00 Å². The van der Waals surface area contributed by atoms with E-state index in [-0.39, 0.29) is 5.56 Å². The maximum Gasteiger partial charge on any atom is 0.252 e. The molecule has 0 saturated heterocycles. The average Bonchev–Trinajstić information content (AvgIpc) is 2.19. The molecule has 1 rings (SSSR count). The minimum Gasteiger partial charge on any atom is -0.397 e. The number of carbonyl (C=O) groups excluding carboxylic acids is 1. The van der Waals surface area contributed by atoms with Crippen LogP contribution in [0.5, 0.6) is 0 Å². The summed E-state index contributed by atoms with van der Waals surface area (Å²) < 4.78 is 10.8. The van der Waals surface area contributed by atoms with Crippen LogP contribution in [0.15, 0.2) is 12.3 Å². The van der Waals surface area contributed by atoms with Crippen molar-refractivity contribution in [3.8, 4) is 0 Å². The minimum absolute atomic E-state index is 0.238. The molecule has 1 unspecified atom stereocenters. The summed E-state index contributed by atoms with van der Waals surface area (Å²) in [5.74, 6) is 0.247. The molecule has 0 aliphatic rings. The molecule has 0 aromatic carbocycles. The molecule has 1 atom stereocenters. The fraction of sp³-hybridized carbons (Fsp3) is 0.333. The number of nitrogens with zero attached hydrogens (tertiary/aromatic N) is 1. The Balaban J connectivity index is 2.78. The quantitative estimate of drug-likeness (QED) is 0.647. The first kappa shape index (κ1) is 12.4. The number of hydrogen-bond donors (Lipinski definition) is 3. The SMILES string of the molecule is CS(=O)CCNc1ncc(N)cc1C(N)=O. The summed E-state index contributed by atoms with van der Waals surface area (Å²) in [6, 6.07) is 1.46. The van der Waals surface area contributed by atoms with Gasteiger partial charge in [0.15, 0.2) is 0 Å². The molecule has 16 heavy (non-hydrogen) atoms. The molecule has 0 fully saturated rings. The summed E-state index contributed by atoms with van der Waals surface area (Å²) in [5, 5.41) is 2.89. The van der Waals surface area contributed by atoms with E-state index in [0.717, 1.165) is 0 Å². The van der Waals surface area contributed by atoms with Crippen molar-refractivity contribution in [2.45, 2.75) is 0 Å². The number of nitrogens with two attached hydrogens (primary N) is 2. The van der Waals surface area contributed by atoms with Gasteiger partial charge in [0, 0.05) is 29.4 Å². The molecule has 1 aromatic rings. The monoisotopic (exact) mass is 242 g/mol. The van der Waals surface area contributed by atoms with Crippen LogP contribution in [0, 0.1) is 0 Å². The first-order chi connectivity index (χ1) is 7.50. The standard InChI is InChI=1S/C9H14N4O2S/c1-16(15)3-2-12-9-7(8(11)14)4-6(10)5-13-9/h4-5H,2-3,10H2,1H3,(H2,11,14)(H,12,13). The summed E-state index contributed by atoms with van der Waals surface area (Å²) in [7, 11) is -0.892. The van der Waals surface area contributed by atoms with Gasteiger partial charge >= 0.3 is 0 Å². The van der Waals surface area contributed by atoms with Crippen LogP contribution in [-0.2, 0) is 10.8 Å². The zero-order valence-corrected chi connectivity index (χ0v) is 9.71. The first-order valence-corrected chi connectivity index (χ1v) is 6.32. The number of amides is 1. The van der Waals surface area contributed by atoms with E-state index in [1.165, 1.54) is 12.3 Å². The van der Waals surface area contributed by atoms with Gasteiger partial charge in [0.25, 0.3) is 5.91 Å². The summed E-state index contributed by atoms with van der Waals surface area (Å²) in [5.41, 5.74) is 11.3. The zero-order valence-electron chi connectivity index (χ0n) is 8.90. The number of rotatable bonds is 5. The van der Waals surface area contributed by atoms with Gasteiger partial charge < -0.3 is 16.8 Å². The number of aromatic nitrogens is 1. The van der Waals surface area contributed by atoms with Gasteiger partial charge in [0.1, 0.15) is 5.82 Å². The second kappa shape index (κ2) is 5.45. The highest BCUT2D eigenvalue weighted by atomic mass is 32.2. The van der Waals surface area contributed by atoms with Crippen LogP contribution in [0.3, 0.4) is 0 Å². The van der Waals surface area contributed by atoms with Crippen LogP contribution < -0.4 is 16.8 Å². The van der Waals surface area contributed by atoms with E-state index in [1.54, 1.807) is 6.26 Å². The molecule has 5 N–H and O–H groups in total. The Bertz CT molecular complexity index is 422. The Morgan fingerprint density at radius 3 is 2.88 bits per heavy atom. The van der Waals surface area contributed by atoms with E-state index in [4.69, 9.17) is 11.5 Å². The van der Waals surface area contributed by atoms with E-state index in [0.29, 0.717) is 23.8 Å². The topological polar surface area (TPSA) is 111 Å². The Hall–Kier alpha value is -1.63. The molecule has 0 bridgehead atoms. The Kier molecular flexibility index (Phi) is 4.24. The molecule has 7 heteroatoms. The average molecular weight is 242 g/mol. The second-order valence-electron chi connectivity index (χ2n) is 3.23. The van der Waals surface area contributed by atoms with Crippen molar-refractivity contribution in [2.24, 2.45) is 5.73 Å². The Morgan fingerprint density at radius 2 is 2.31 bits per heavy atom. The van der Waals surface area contributed by atoms with Crippen molar-refractivity contribution >= 4 is 28.2 Å². The van der Waals surface area contributed by atoms with Crippen molar-refractivity contribution in [3.05, 3.63) is 17.8 Å². The second-order valence-corrected chi connectivity index (χ2v) is 4.79. The lowest BCUT2D eigenvalue weighted by Crippen LogP contribution is -2.18. The number of nitrogen functional groups attached to an aromatic ring is 1. The van der Waals surface area contributed by atoms with Gasteiger partial charge in [-0.1, -0.05) is 0 Å². The van der Waals surface area contributed by atoms with E-state index in [2.05, 4.69) is 10.3 Å². The third-order valence-electron chi connectivity index (χ3n) is 1.86. The van der Waals surface area contributed by atoms with Crippen LogP contribution >= 0.6 is 0 Å². The highest BCUT2D eigenvalue weighted by Crippen LogP contribution is 2.14. The van der Waals surface area contributed by atoms with Gasteiger partial charge in [-0.3, -0.25) is 9.00 Å². The number of hydrogen-bond acceptors (Lipinski definition) is 5. The molecule has 88 valence electrons. The van der Waals surface area contributed by atoms with Crippen LogP contribution in [0.1, 0.15) is 10.4 Å². The molecule has 0 spiro atoms. The lowest BCUT2D eigenvalue weighted by molar-refractivity contribution is 0.100. The van der Waals surface area contributed by atoms with Gasteiger partial charge in [-0.25, -0.2) is 4.98 Å². The number of primary amides is 1. The third kappa shape index (κ3) is 3.50. The molecule has 0 aliphatic carbocycles. The maximum absolute atomic E-state index is 11.1. The van der Waals surface area contributed by atoms with E-state index in [1.807, 2.05) is 0 Å². The van der Waals surface area contributed by atoms with Crippen LogP contribution in [0.25, 0.3) is 0 Å². The van der Waals surface area contributed by atoms with Crippen LogP contribution in [0.4, 0.5) is 11.5 Å². The predicted molar refractivity (Wildman–Crippen MR) is 64.6 cm³/mol. The summed E-state index contributed by atoms with van der Waals surface area (Å²) >= 11 is 0. The molecule has 1 amide bonds. The fourth-order valence-corrected chi connectivity index (χ4v) is 1.51. The third-order valence-corrected chi connectivity index (χ3v) is 2.64. The van der Waals surface area contributed by atoms with Crippen molar-refractivity contribution in [2.75, 3.05) is 29.6 Å². The molecule has 0 saturated carbocycles. The van der Waals surface area contributed by atoms with E-state index < -0.39 is 16.7 Å². The smallest absolute Gasteiger partial charge is 0.252 e. The van der Waals surface area contributed by atoms with Gasteiger partial charge in [-0.05, 0) is 6.07 Å². The number of carbonyl (C=O) groups is 1. The predicted octanol–water partition coefficient (Wildman–Crippen LogP) is -0.447. The summed E-state index contributed by atoms with van der Waals surface area (Å²) in [6.07, 6.45) is 3.03. The number of nitrogens with one attached hydrogen (secondary N) is 1. The largest absolute Gasteiger partial charge is 0.397 e. The number of anilines is 2. The maximum atomic E-state index is 11.1.